The van der Waals surface area contributed by atoms with Crippen molar-refractivity contribution < 1.29 is 9.90 Å². The number of hydrogen-bond donors (Lipinski definition) is 1. The van der Waals surface area contributed by atoms with Crippen molar-refractivity contribution in [3.8, 4) is 22.4 Å². The fourth-order valence-corrected chi connectivity index (χ4v) is 4.08. The Balaban J connectivity index is 1.60. The number of likely N-dealkylation sites (tertiary alicyclic amines) is 1. The standard InChI is InChI=1S/C25H27ClN4O2/c1-25(2,3)23-14-16(6-9-27-23)22-13-18(15-28-29-22)20-5-4-17(12-21(20)26)24(32)30-10-7-19(31)8-11-30/h4-6,9,12-15,19,31H,7-8,10-11H2,1-3H3. The van der Waals surface area contributed by atoms with Crippen molar-refractivity contribution in [1.82, 2.24) is 20.1 Å². The molecule has 32 heavy (non-hydrogen) atoms. The van der Waals surface area contributed by atoms with E-state index in [1.165, 1.54) is 0 Å². The van der Waals surface area contributed by atoms with E-state index in [2.05, 4.69) is 36.0 Å². The van der Waals surface area contributed by atoms with Gasteiger partial charge in [-0.3, -0.25) is 9.78 Å². The largest absolute Gasteiger partial charge is 0.393 e. The molecular weight excluding hydrogens is 424 g/mol. The number of carbonyl (C=O) groups is 1. The van der Waals surface area contributed by atoms with E-state index in [0.717, 1.165) is 28.1 Å². The van der Waals surface area contributed by atoms with E-state index in [9.17, 15) is 9.90 Å². The zero-order chi connectivity index (χ0) is 22.9. The van der Waals surface area contributed by atoms with Crippen molar-refractivity contribution >= 4 is 17.5 Å². The molecule has 0 aliphatic carbocycles. The number of benzene rings is 1. The Labute approximate surface area is 193 Å². The summed E-state index contributed by atoms with van der Waals surface area (Å²) < 4.78 is 0. The van der Waals surface area contributed by atoms with Crippen LogP contribution in [0.5, 0.6) is 0 Å². The van der Waals surface area contributed by atoms with Gasteiger partial charge in [0.1, 0.15) is 0 Å². The summed E-state index contributed by atoms with van der Waals surface area (Å²) in [4.78, 5) is 19.1. The van der Waals surface area contributed by atoms with E-state index in [1.807, 2.05) is 24.3 Å². The summed E-state index contributed by atoms with van der Waals surface area (Å²) in [6.07, 6.45) is 4.35. The smallest absolute Gasteiger partial charge is 0.253 e. The summed E-state index contributed by atoms with van der Waals surface area (Å²) >= 11 is 6.58. The molecule has 3 aromatic rings. The zero-order valence-electron chi connectivity index (χ0n) is 18.5. The van der Waals surface area contributed by atoms with E-state index >= 15 is 0 Å². The van der Waals surface area contributed by atoms with Crippen LogP contribution in [-0.2, 0) is 5.41 Å². The van der Waals surface area contributed by atoms with Gasteiger partial charge in [-0.25, -0.2) is 0 Å². The third kappa shape index (κ3) is 4.81. The maximum Gasteiger partial charge on any atom is 0.253 e. The second-order valence-electron chi connectivity index (χ2n) is 9.23. The zero-order valence-corrected chi connectivity index (χ0v) is 19.3. The Bertz CT molecular complexity index is 1130. The van der Waals surface area contributed by atoms with Crippen molar-refractivity contribution in [1.29, 1.82) is 0 Å². The predicted molar refractivity (Wildman–Crippen MR) is 126 cm³/mol. The summed E-state index contributed by atoms with van der Waals surface area (Å²) in [5.74, 6) is -0.0645. The van der Waals surface area contributed by atoms with Crippen LogP contribution in [0.3, 0.4) is 0 Å². The molecular formula is C25H27ClN4O2. The monoisotopic (exact) mass is 450 g/mol. The molecule has 0 atom stereocenters. The molecule has 1 aliphatic heterocycles. The van der Waals surface area contributed by atoms with Crippen molar-refractivity contribution in [3.05, 3.63) is 65.1 Å². The van der Waals surface area contributed by atoms with Crippen LogP contribution >= 0.6 is 11.6 Å². The Hall–Kier alpha value is -2.83. The first-order chi connectivity index (χ1) is 15.2. The number of amides is 1. The molecule has 4 rings (SSSR count). The first-order valence-electron chi connectivity index (χ1n) is 10.8. The normalized spacial score (nSPS) is 15.1. The van der Waals surface area contributed by atoms with Crippen molar-refractivity contribution in [3.63, 3.8) is 0 Å². The minimum atomic E-state index is -0.321. The van der Waals surface area contributed by atoms with Crippen molar-refractivity contribution in [2.24, 2.45) is 0 Å². The van der Waals surface area contributed by atoms with Crippen molar-refractivity contribution in [2.45, 2.75) is 45.1 Å². The van der Waals surface area contributed by atoms with Crippen molar-refractivity contribution in [2.75, 3.05) is 13.1 Å². The second-order valence-corrected chi connectivity index (χ2v) is 9.63. The van der Waals surface area contributed by atoms with Gasteiger partial charge in [0.2, 0.25) is 0 Å². The minimum absolute atomic E-state index is 0.0645. The number of aliphatic hydroxyl groups excluding tert-OH is 1. The average Bonchev–Trinajstić information content (AvgIpc) is 2.78. The fraction of sp³-hybridized carbons (Fsp3) is 0.360. The topological polar surface area (TPSA) is 79.2 Å². The number of piperidine rings is 1. The molecule has 1 fully saturated rings. The summed E-state index contributed by atoms with van der Waals surface area (Å²) in [7, 11) is 0. The summed E-state index contributed by atoms with van der Waals surface area (Å²) in [5, 5.41) is 18.6. The molecule has 1 amide bonds. The maximum atomic E-state index is 12.8. The van der Waals surface area contributed by atoms with E-state index in [1.54, 1.807) is 29.4 Å². The van der Waals surface area contributed by atoms with Crippen LogP contribution in [-0.4, -0.2) is 50.3 Å². The van der Waals surface area contributed by atoms with Gasteiger partial charge in [-0.05, 0) is 43.2 Å². The Kier molecular flexibility index (Phi) is 6.26. The van der Waals surface area contributed by atoms with Gasteiger partial charge in [0.25, 0.3) is 5.91 Å². The first-order valence-corrected chi connectivity index (χ1v) is 11.2. The number of aromatic nitrogens is 3. The molecule has 1 saturated heterocycles. The maximum absolute atomic E-state index is 12.8. The molecule has 6 nitrogen and oxygen atoms in total. The summed E-state index contributed by atoms with van der Waals surface area (Å²) in [6, 6.07) is 11.2. The molecule has 1 aliphatic rings. The second kappa shape index (κ2) is 8.96. The highest BCUT2D eigenvalue weighted by molar-refractivity contribution is 6.33. The fourth-order valence-electron chi connectivity index (χ4n) is 3.79. The molecule has 0 radical (unpaired) electrons. The summed E-state index contributed by atoms with van der Waals surface area (Å²) in [6.45, 7) is 7.47. The van der Waals surface area contributed by atoms with Crippen LogP contribution < -0.4 is 0 Å². The van der Waals surface area contributed by atoms with Gasteiger partial charge < -0.3 is 10.0 Å². The third-order valence-corrected chi connectivity index (χ3v) is 6.07. The Morgan fingerprint density at radius 3 is 2.53 bits per heavy atom. The number of pyridine rings is 1. The van der Waals surface area contributed by atoms with Crippen LogP contribution in [0.1, 0.15) is 49.7 Å². The molecule has 0 spiro atoms. The first kappa shape index (κ1) is 22.4. The lowest BCUT2D eigenvalue weighted by molar-refractivity contribution is 0.0546. The highest BCUT2D eigenvalue weighted by atomic mass is 35.5. The van der Waals surface area contributed by atoms with E-state index in [-0.39, 0.29) is 17.4 Å². The Morgan fingerprint density at radius 1 is 1.09 bits per heavy atom. The van der Waals surface area contributed by atoms with E-state index in [4.69, 9.17) is 11.6 Å². The molecule has 166 valence electrons. The lowest BCUT2D eigenvalue weighted by Gasteiger charge is -2.29. The molecule has 1 N–H and O–H groups in total. The SMILES string of the molecule is CC(C)(C)c1cc(-c2cc(-c3ccc(C(=O)N4CCC(O)CC4)cc3Cl)cnn2)ccn1. The minimum Gasteiger partial charge on any atom is -0.393 e. The van der Waals surface area contributed by atoms with E-state index in [0.29, 0.717) is 36.5 Å². The average molecular weight is 451 g/mol. The lowest BCUT2D eigenvalue weighted by Crippen LogP contribution is -2.40. The number of aliphatic hydroxyl groups is 1. The lowest BCUT2D eigenvalue weighted by atomic mass is 9.90. The Morgan fingerprint density at radius 2 is 1.84 bits per heavy atom. The van der Waals surface area contributed by atoms with Crippen LogP contribution in [0.15, 0.2) is 48.8 Å². The van der Waals surface area contributed by atoms with Crippen LogP contribution in [0.4, 0.5) is 0 Å². The molecule has 0 bridgehead atoms. The van der Waals surface area contributed by atoms with Crippen LogP contribution in [0, 0.1) is 0 Å². The number of nitrogens with zero attached hydrogens (tertiary/aromatic N) is 4. The molecule has 0 saturated carbocycles. The number of rotatable bonds is 3. The molecule has 3 heterocycles. The third-order valence-electron chi connectivity index (χ3n) is 5.76. The van der Waals surface area contributed by atoms with Gasteiger partial charge >= 0.3 is 0 Å². The number of carbonyl (C=O) groups excluding carboxylic acids is 1. The van der Waals surface area contributed by atoms with Gasteiger partial charge in [-0.15, -0.1) is 0 Å². The number of halogens is 1. The van der Waals surface area contributed by atoms with Gasteiger partial charge in [-0.2, -0.15) is 10.2 Å². The van der Waals surface area contributed by atoms with Gasteiger partial charge in [0.15, 0.2) is 0 Å². The van der Waals surface area contributed by atoms with Crippen LogP contribution in [0.2, 0.25) is 5.02 Å². The molecule has 1 aromatic carbocycles. The molecule has 2 aromatic heterocycles. The van der Waals surface area contributed by atoms with Gasteiger partial charge in [0.05, 0.1) is 18.0 Å². The highest BCUT2D eigenvalue weighted by Gasteiger charge is 2.23. The van der Waals surface area contributed by atoms with Gasteiger partial charge in [-0.1, -0.05) is 38.4 Å². The summed E-state index contributed by atoms with van der Waals surface area (Å²) in [5.41, 5.74) is 4.74. The predicted octanol–water partition coefficient (Wildman–Crippen LogP) is 4.75. The van der Waals surface area contributed by atoms with Gasteiger partial charge in [0, 0.05) is 57.7 Å². The quantitative estimate of drug-likeness (QED) is 0.622. The molecule has 0 unspecified atom stereocenters. The van der Waals surface area contributed by atoms with Crippen LogP contribution in [0.25, 0.3) is 22.4 Å². The number of hydrogen-bond acceptors (Lipinski definition) is 5. The van der Waals surface area contributed by atoms with E-state index < -0.39 is 0 Å². The highest BCUT2D eigenvalue weighted by Crippen LogP contribution is 2.32. The molecule has 7 heteroatoms.